The van der Waals surface area contributed by atoms with Gasteiger partial charge in [-0.1, -0.05) is 11.8 Å². The largest absolute Gasteiger partial charge is 0.378 e. The van der Waals surface area contributed by atoms with Gasteiger partial charge in [-0.05, 0) is 27.7 Å². The minimum absolute atomic E-state index is 0.145. The van der Waals surface area contributed by atoms with Crippen LogP contribution in [0.15, 0.2) is 17.4 Å². The van der Waals surface area contributed by atoms with Gasteiger partial charge in [0.25, 0.3) is 0 Å². The van der Waals surface area contributed by atoms with E-state index in [-0.39, 0.29) is 18.0 Å². The number of hydrogen-bond acceptors (Lipinski definition) is 6. The van der Waals surface area contributed by atoms with E-state index in [0.29, 0.717) is 5.75 Å². The van der Waals surface area contributed by atoms with Crippen LogP contribution in [0.5, 0.6) is 0 Å². The van der Waals surface area contributed by atoms with Crippen LogP contribution in [-0.4, -0.2) is 64.9 Å². The summed E-state index contributed by atoms with van der Waals surface area (Å²) in [6.45, 7) is 11.3. The van der Waals surface area contributed by atoms with E-state index >= 15 is 0 Å². The summed E-state index contributed by atoms with van der Waals surface area (Å²) in [7, 11) is 0. The Morgan fingerprint density at radius 3 is 2.52 bits per heavy atom. The van der Waals surface area contributed by atoms with Crippen LogP contribution >= 0.6 is 11.8 Å². The van der Waals surface area contributed by atoms with E-state index in [4.69, 9.17) is 4.74 Å². The molecule has 0 aromatic carbocycles. The molecule has 1 fully saturated rings. The standard InChI is InChI=1S/C16H26N4O2S/c1-12(2)20(13(3)4)16(21)10-23-15-9-14(17-11-18-15)19-5-7-22-8-6-19/h9,11-13H,5-8,10H2,1-4H3. The fourth-order valence-electron chi connectivity index (χ4n) is 2.76. The van der Waals surface area contributed by atoms with Crippen molar-refractivity contribution in [3.05, 3.63) is 12.4 Å². The first-order chi connectivity index (χ1) is 11.0. The van der Waals surface area contributed by atoms with Crippen molar-refractivity contribution >= 4 is 23.5 Å². The number of morpholine rings is 1. The number of anilines is 1. The van der Waals surface area contributed by atoms with Crippen molar-refractivity contribution in [2.24, 2.45) is 0 Å². The van der Waals surface area contributed by atoms with Gasteiger partial charge >= 0.3 is 0 Å². The summed E-state index contributed by atoms with van der Waals surface area (Å²) in [6, 6.07) is 2.37. The minimum atomic E-state index is 0.145. The van der Waals surface area contributed by atoms with Gasteiger partial charge < -0.3 is 14.5 Å². The molecular weight excluding hydrogens is 312 g/mol. The smallest absolute Gasteiger partial charge is 0.233 e. The predicted molar refractivity (Wildman–Crippen MR) is 92.9 cm³/mol. The molecule has 6 nitrogen and oxygen atoms in total. The SMILES string of the molecule is CC(C)N(C(=O)CSc1cc(N2CCOCC2)ncn1)C(C)C. The highest BCUT2D eigenvalue weighted by Crippen LogP contribution is 2.21. The highest BCUT2D eigenvalue weighted by Gasteiger charge is 2.20. The molecule has 1 aliphatic rings. The Labute approximate surface area is 142 Å². The molecule has 128 valence electrons. The number of carbonyl (C=O) groups is 1. The van der Waals surface area contributed by atoms with Gasteiger partial charge in [0.2, 0.25) is 5.91 Å². The van der Waals surface area contributed by atoms with Gasteiger partial charge in [-0.15, -0.1) is 0 Å². The molecule has 0 radical (unpaired) electrons. The van der Waals surface area contributed by atoms with Crippen molar-refractivity contribution in [2.45, 2.75) is 44.8 Å². The number of nitrogens with zero attached hydrogens (tertiary/aromatic N) is 4. The van der Waals surface area contributed by atoms with E-state index in [9.17, 15) is 4.79 Å². The molecule has 0 atom stereocenters. The number of amides is 1. The van der Waals surface area contributed by atoms with Crippen LogP contribution < -0.4 is 4.90 Å². The van der Waals surface area contributed by atoms with Crippen molar-refractivity contribution in [1.29, 1.82) is 0 Å². The van der Waals surface area contributed by atoms with E-state index in [0.717, 1.165) is 37.1 Å². The van der Waals surface area contributed by atoms with Crippen molar-refractivity contribution < 1.29 is 9.53 Å². The molecule has 1 saturated heterocycles. The molecule has 7 heteroatoms. The van der Waals surface area contributed by atoms with E-state index in [1.807, 2.05) is 38.7 Å². The van der Waals surface area contributed by atoms with Crippen LogP contribution in [0.3, 0.4) is 0 Å². The molecule has 1 aromatic heterocycles. The average Bonchev–Trinajstić information content (AvgIpc) is 2.53. The number of rotatable bonds is 6. The van der Waals surface area contributed by atoms with E-state index in [2.05, 4.69) is 14.9 Å². The summed E-state index contributed by atoms with van der Waals surface area (Å²) in [5.74, 6) is 1.45. The lowest BCUT2D eigenvalue weighted by atomic mass is 10.2. The molecule has 0 spiro atoms. The topological polar surface area (TPSA) is 58.6 Å². The Bertz CT molecular complexity index is 511. The molecular formula is C16H26N4O2S. The highest BCUT2D eigenvalue weighted by molar-refractivity contribution is 7.99. The quantitative estimate of drug-likeness (QED) is 0.584. The normalized spacial score (nSPS) is 15.3. The third kappa shape index (κ3) is 5.07. The van der Waals surface area contributed by atoms with Gasteiger partial charge in [0.05, 0.1) is 19.0 Å². The fourth-order valence-corrected chi connectivity index (χ4v) is 3.49. The average molecular weight is 338 g/mol. The van der Waals surface area contributed by atoms with Crippen molar-refractivity contribution in [1.82, 2.24) is 14.9 Å². The number of ether oxygens (including phenoxy) is 1. The minimum Gasteiger partial charge on any atom is -0.378 e. The summed E-state index contributed by atoms with van der Waals surface area (Å²) in [5.41, 5.74) is 0. The molecule has 0 N–H and O–H groups in total. The third-order valence-corrected chi connectivity index (χ3v) is 4.62. The van der Waals surface area contributed by atoms with Crippen LogP contribution in [0.25, 0.3) is 0 Å². The van der Waals surface area contributed by atoms with E-state index in [1.165, 1.54) is 11.8 Å². The second-order valence-corrected chi connectivity index (χ2v) is 7.09. The zero-order valence-electron chi connectivity index (χ0n) is 14.4. The molecule has 1 aromatic rings. The van der Waals surface area contributed by atoms with Crippen LogP contribution in [0.2, 0.25) is 0 Å². The first kappa shape index (κ1) is 18.0. The molecule has 0 saturated carbocycles. The number of hydrogen-bond donors (Lipinski definition) is 0. The molecule has 2 rings (SSSR count). The Morgan fingerprint density at radius 1 is 1.26 bits per heavy atom. The Balaban J connectivity index is 1.96. The van der Waals surface area contributed by atoms with Gasteiger partial charge in [0.1, 0.15) is 17.2 Å². The van der Waals surface area contributed by atoms with Crippen molar-refractivity contribution in [2.75, 3.05) is 37.0 Å². The van der Waals surface area contributed by atoms with Gasteiger partial charge in [-0.2, -0.15) is 0 Å². The fraction of sp³-hybridized carbons (Fsp3) is 0.688. The zero-order valence-corrected chi connectivity index (χ0v) is 15.2. The van der Waals surface area contributed by atoms with E-state index in [1.54, 1.807) is 6.33 Å². The lowest BCUT2D eigenvalue weighted by molar-refractivity contribution is -0.131. The maximum atomic E-state index is 12.4. The Kier molecular flexibility index (Phi) is 6.65. The highest BCUT2D eigenvalue weighted by atomic mass is 32.2. The summed E-state index contributed by atoms with van der Waals surface area (Å²) < 4.78 is 5.36. The maximum absolute atomic E-state index is 12.4. The van der Waals surface area contributed by atoms with Gasteiger partial charge in [-0.25, -0.2) is 9.97 Å². The number of thioether (sulfide) groups is 1. The summed E-state index contributed by atoms with van der Waals surface area (Å²) >= 11 is 1.47. The summed E-state index contributed by atoms with van der Waals surface area (Å²) in [5, 5.41) is 0.835. The first-order valence-corrected chi connectivity index (χ1v) is 9.06. The third-order valence-electron chi connectivity index (χ3n) is 3.71. The number of carbonyl (C=O) groups excluding carboxylic acids is 1. The molecule has 0 aliphatic carbocycles. The molecule has 1 aliphatic heterocycles. The van der Waals surface area contributed by atoms with Crippen LogP contribution in [0.1, 0.15) is 27.7 Å². The van der Waals surface area contributed by atoms with Crippen molar-refractivity contribution in [3.63, 3.8) is 0 Å². The van der Waals surface area contributed by atoms with Gasteiger partial charge in [0.15, 0.2) is 0 Å². The number of aromatic nitrogens is 2. The maximum Gasteiger partial charge on any atom is 0.233 e. The lowest BCUT2D eigenvalue weighted by Gasteiger charge is -2.30. The predicted octanol–water partition coefficient (Wildman–Crippen LogP) is 2.05. The van der Waals surface area contributed by atoms with Gasteiger partial charge in [-0.3, -0.25) is 4.79 Å². The van der Waals surface area contributed by atoms with Crippen LogP contribution in [0.4, 0.5) is 5.82 Å². The molecule has 1 amide bonds. The summed E-state index contributed by atoms with van der Waals surface area (Å²) in [4.78, 5) is 25.1. The zero-order chi connectivity index (χ0) is 16.8. The molecule has 0 unspecified atom stereocenters. The Hall–Kier alpha value is -1.34. The summed E-state index contributed by atoms with van der Waals surface area (Å²) in [6.07, 6.45) is 1.57. The Morgan fingerprint density at radius 2 is 1.91 bits per heavy atom. The van der Waals surface area contributed by atoms with Crippen molar-refractivity contribution in [3.8, 4) is 0 Å². The van der Waals surface area contributed by atoms with E-state index < -0.39 is 0 Å². The molecule has 0 bridgehead atoms. The second kappa shape index (κ2) is 8.49. The first-order valence-electron chi connectivity index (χ1n) is 8.07. The lowest BCUT2D eigenvalue weighted by Crippen LogP contribution is -2.43. The van der Waals surface area contributed by atoms with Crippen LogP contribution in [0, 0.1) is 0 Å². The van der Waals surface area contributed by atoms with Gasteiger partial charge in [0, 0.05) is 31.2 Å². The molecule has 23 heavy (non-hydrogen) atoms. The second-order valence-electron chi connectivity index (χ2n) is 6.09. The van der Waals surface area contributed by atoms with Crippen LogP contribution in [-0.2, 0) is 9.53 Å². The molecule has 2 heterocycles. The monoisotopic (exact) mass is 338 g/mol.